The van der Waals surface area contributed by atoms with Crippen LogP contribution in [0, 0.1) is 12.3 Å². The van der Waals surface area contributed by atoms with E-state index in [1.165, 1.54) is 0 Å². The molecule has 0 amide bonds. The number of nitrogens with one attached hydrogen (secondary N) is 1. The standard InChI is InChI=1S/C12H17N3O/c1-8-3-5-15-11(13)9(8)10(16)12(2)4-6-14-7-12/h3,5,14H,4,6-7H2,1-2H3,(H2,13,15). The summed E-state index contributed by atoms with van der Waals surface area (Å²) in [7, 11) is 0. The number of aromatic nitrogens is 1. The monoisotopic (exact) mass is 219 g/mol. The van der Waals surface area contributed by atoms with Gasteiger partial charge in [0.2, 0.25) is 0 Å². The van der Waals surface area contributed by atoms with Crippen LogP contribution in [-0.2, 0) is 0 Å². The molecule has 2 rings (SSSR count). The Balaban J connectivity index is 2.41. The Morgan fingerprint density at radius 3 is 2.94 bits per heavy atom. The van der Waals surface area contributed by atoms with Crippen molar-refractivity contribution in [2.75, 3.05) is 18.8 Å². The van der Waals surface area contributed by atoms with Gasteiger partial charge in [0, 0.05) is 18.2 Å². The molecule has 0 spiro atoms. The summed E-state index contributed by atoms with van der Waals surface area (Å²) in [6, 6.07) is 1.83. The Morgan fingerprint density at radius 2 is 2.38 bits per heavy atom. The van der Waals surface area contributed by atoms with E-state index < -0.39 is 0 Å². The van der Waals surface area contributed by atoms with Crippen LogP contribution in [0.25, 0.3) is 0 Å². The molecule has 1 aliphatic heterocycles. The van der Waals surface area contributed by atoms with Gasteiger partial charge in [-0.3, -0.25) is 4.79 Å². The molecule has 1 saturated heterocycles. The third-order valence-electron chi connectivity index (χ3n) is 3.33. The van der Waals surface area contributed by atoms with Crippen LogP contribution in [0.1, 0.15) is 29.3 Å². The van der Waals surface area contributed by atoms with E-state index in [1.807, 2.05) is 19.9 Å². The molecule has 0 aliphatic carbocycles. The maximum Gasteiger partial charge on any atom is 0.174 e. The van der Waals surface area contributed by atoms with Crippen molar-refractivity contribution >= 4 is 11.6 Å². The van der Waals surface area contributed by atoms with E-state index in [0.29, 0.717) is 11.4 Å². The molecular weight excluding hydrogens is 202 g/mol. The highest BCUT2D eigenvalue weighted by atomic mass is 16.1. The van der Waals surface area contributed by atoms with Gasteiger partial charge >= 0.3 is 0 Å². The summed E-state index contributed by atoms with van der Waals surface area (Å²) in [6.07, 6.45) is 2.50. The molecule has 1 aromatic rings. The summed E-state index contributed by atoms with van der Waals surface area (Å²) in [5.41, 5.74) is 6.96. The molecule has 16 heavy (non-hydrogen) atoms. The number of anilines is 1. The lowest BCUT2D eigenvalue weighted by Crippen LogP contribution is -2.31. The normalized spacial score (nSPS) is 24.6. The Kier molecular flexibility index (Phi) is 2.68. The molecule has 3 N–H and O–H groups in total. The summed E-state index contributed by atoms with van der Waals surface area (Å²) in [6.45, 7) is 5.50. The fourth-order valence-corrected chi connectivity index (χ4v) is 2.19. The predicted molar refractivity (Wildman–Crippen MR) is 63.3 cm³/mol. The first-order chi connectivity index (χ1) is 7.54. The van der Waals surface area contributed by atoms with Gasteiger partial charge in [-0.15, -0.1) is 0 Å². The minimum atomic E-state index is -0.331. The Bertz CT molecular complexity index is 402. The van der Waals surface area contributed by atoms with Crippen molar-refractivity contribution in [3.8, 4) is 0 Å². The van der Waals surface area contributed by atoms with Gasteiger partial charge in [0.05, 0.1) is 5.56 Å². The second-order valence-corrected chi connectivity index (χ2v) is 4.70. The van der Waals surface area contributed by atoms with E-state index in [1.54, 1.807) is 6.20 Å². The molecule has 86 valence electrons. The summed E-state index contributed by atoms with van der Waals surface area (Å²) >= 11 is 0. The first-order valence-electron chi connectivity index (χ1n) is 5.51. The molecule has 2 heterocycles. The number of nitrogens with zero attached hydrogens (tertiary/aromatic N) is 1. The zero-order chi connectivity index (χ0) is 11.8. The van der Waals surface area contributed by atoms with Gasteiger partial charge in [0.15, 0.2) is 5.78 Å². The molecule has 1 unspecified atom stereocenters. The summed E-state index contributed by atoms with van der Waals surface area (Å²) in [5.74, 6) is 0.457. The van der Waals surface area contributed by atoms with E-state index >= 15 is 0 Å². The number of nitrogen functional groups attached to an aromatic ring is 1. The average Bonchev–Trinajstić information content (AvgIpc) is 2.66. The van der Waals surface area contributed by atoms with Crippen LogP contribution in [-0.4, -0.2) is 23.9 Å². The number of Topliss-reactive ketones (excluding diaryl/α,β-unsaturated/α-hetero) is 1. The maximum atomic E-state index is 12.5. The van der Waals surface area contributed by atoms with Crippen molar-refractivity contribution < 1.29 is 4.79 Å². The summed E-state index contributed by atoms with van der Waals surface area (Å²) in [4.78, 5) is 16.5. The number of pyridine rings is 1. The molecule has 1 fully saturated rings. The van der Waals surface area contributed by atoms with E-state index in [-0.39, 0.29) is 11.2 Å². The molecule has 0 saturated carbocycles. The van der Waals surface area contributed by atoms with Crippen LogP contribution in [0.3, 0.4) is 0 Å². The Labute approximate surface area is 95.3 Å². The van der Waals surface area contributed by atoms with Crippen molar-refractivity contribution in [2.24, 2.45) is 5.41 Å². The van der Waals surface area contributed by atoms with Gasteiger partial charge in [0.25, 0.3) is 0 Å². The zero-order valence-corrected chi connectivity index (χ0v) is 9.71. The van der Waals surface area contributed by atoms with Gasteiger partial charge in [-0.1, -0.05) is 6.92 Å². The molecule has 0 aromatic carbocycles. The second-order valence-electron chi connectivity index (χ2n) is 4.70. The maximum absolute atomic E-state index is 12.5. The van der Waals surface area contributed by atoms with Crippen LogP contribution in [0.15, 0.2) is 12.3 Å². The van der Waals surface area contributed by atoms with Gasteiger partial charge in [-0.25, -0.2) is 4.98 Å². The Hall–Kier alpha value is -1.42. The van der Waals surface area contributed by atoms with Crippen LogP contribution >= 0.6 is 0 Å². The fraction of sp³-hybridized carbons (Fsp3) is 0.500. The fourth-order valence-electron chi connectivity index (χ4n) is 2.19. The smallest absolute Gasteiger partial charge is 0.174 e. The van der Waals surface area contributed by atoms with E-state index in [0.717, 1.165) is 25.1 Å². The third-order valence-corrected chi connectivity index (χ3v) is 3.33. The number of carbonyl (C=O) groups is 1. The van der Waals surface area contributed by atoms with Crippen LogP contribution in [0.5, 0.6) is 0 Å². The molecule has 0 radical (unpaired) electrons. The molecule has 1 aliphatic rings. The van der Waals surface area contributed by atoms with Crippen molar-refractivity contribution in [2.45, 2.75) is 20.3 Å². The Morgan fingerprint density at radius 1 is 1.62 bits per heavy atom. The van der Waals surface area contributed by atoms with Crippen LogP contribution in [0.4, 0.5) is 5.82 Å². The highest BCUT2D eigenvalue weighted by molar-refractivity contribution is 6.05. The number of hydrogen-bond acceptors (Lipinski definition) is 4. The predicted octanol–water partition coefficient (Wildman–Crippen LogP) is 1.15. The SMILES string of the molecule is Cc1ccnc(N)c1C(=O)C1(C)CCNC1. The minimum Gasteiger partial charge on any atom is -0.383 e. The van der Waals surface area contributed by atoms with Crippen LogP contribution in [0.2, 0.25) is 0 Å². The number of carbonyl (C=O) groups excluding carboxylic acids is 1. The molecule has 4 heteroatoms. The number of hydrogen-bond donors (Lipinski definition) is 2. The molecule has 0 bridgehead atoms. The highest BCUT2D eigenvalue weighted by Gasteiger charge is 2.38. The minimum absolute atomic E-state index is 0.112. The molecule has 4 nitrogen and oxygen atoms in total. The first-order valence-corrected chi connectivity index (χ1v) is 5.51. The summed E-state index contributed by atoms with van der Waals surface area (Å²) < 4.78 is 0. The van der Waals surface area contributed by atoms with Crippen LogP contribution < -0.4 is 11.1 Å². The summed E-state index contributed by atoms with van der Waals surface area (Å²) in [5, 5.41) is 3.22. The van der Waals surface area contributed by atoms with Crippen molar-refractivity contribution in [3.63, 3.8) is 0 Å². The quantitative estimate of drug-likeness (QED) is 0.732. The average molecular weight is 219 g/mol. The molecule has 1 aromatic heterocycles. The zero-order valence-electron chi connectivity index (χ0n) is 9.71. The van der Waals surface area contributed by atoms with Crippen molar-refractivity contribution in [3.05, 3.63) is 23.4 Å². The first kappa shape index (κ1) is 11.1. The van der Waals surface area contributed by atoms with Gasteiger partial charge in [0.1, 0.15) is 5.82 Å². The second kappa shape index (κ2) is 3.87. The van der Waals surface area contributed by atoms with Gasteiger partial charge in [-0.05, 0) is 31.5 Å². The van der Waals surface area contributed by atoms with Crippen molar-refractivity contribution in [1.82, 2.24) is 10.3 Å². The number of ketones is 1. The van der Waals surface area contributed by atoms with E-state index in [9.17, 15) is 4.79 Å². The van der Waals surface area contributed by atoms with Crippen molar-refractivity contribution in [1.29, 1.82) is 0 Å². The molecule has 1 atom stereocenters. The number of rotatable bonds is 2. The lowest BCUT2D eigenvalue weighted by atomic mass is 9.80. The van der Waals surface area contributed by atoms with E-state index in [4.69, 9.17) is 5.73 Å². The molecular formula is C12H17N3O. The van der Waals surface area contributed by atoms with Gasteiger partial charge in [-0.2, -0.15) is 0 Å². The third kappa shape index (κ3) is 1.69. The van der Waals surface area contributed by atoms with Gasteiger partial charge < -0.3 is 11.1 Å². The lowest BCUT2D eigenvalue weighted by Gasteiger charge is -2.22. The number of nitrogens with two attached hydrogens (primary N) is 1. The number of aryl methyl sites for hydroxylation is 1. The lowest BCUT2D eigenvalue weighted by molar-refractivity contribution is 0.0839. The van der Waals surface area contributed by atoms with E-state index in [2.05, 4.69) is 10.3 Å². The highest BCUT2D eigenvalue weighted by Crippen LogP contribution is 2.31. The largest absolute Gasteiger partial charge is 0.383 e. The topological polar surface area (TPSA) is 68.0 Å².